The summed E-state index contributed by atoms with van der Waals surface area (Å²) in [5.41, 5.74) is 2.94. The number of amides is 1. The predicted molar refractivity (Wildman–Crippen MR) is 76.2 cm³/mol. The molecule has 0 bridgehead atoms. The summed E-state index contributed by atoms with van der Waals surface area (Å²) in [6.07, 6.45) is 2.51. The first-order chi connectivity index (χ1) is 8.54. The highest BCUT2D eigenvalue weighted by molar-refractivity contribution is 9.10. The first-order valence-electron chi connectivity index (χ1n) is 5.98. The second-order valence-corrected chi connectivity index (χ2v) is 4.96. The molecule has 100 valence electrons. The van der Waals surface area contributed by atoms with Crippen molar-refractivity contribution in [3.8, 4) is 0 Å². The van der Waals surface area contributed by atoms with E-state index in [1.807, 2.05) is 18.7 Å². The molecule has 5 nitrogen and oxygen atoms in total. The minimum Gasteiger partial charge on any atom is -0.336 e. The maximum Gasteiger partial charge on any atom is 0.257 e. The number of carbonyl (C=O) groups is 1. The van der Waals surface area contributed by atoms with Crippen molar-refractivity contribution in [2.45, 2.75) is 33.2 Å². The lowest BCUT2D eigenvalue weighted by molar-refractivity contribution is 0.0700. The van der Waals surface area contributed by atoms with Crippen molar-refractivity contribution in [2.24, 2.45) is 5.84 Å². The van der Waals surface area contributed by atoms with Gasteiger partial charge < -0.3 is 10.3 Å². The summed E-state index contributed by atoms with van der Waals surface area (Å²) in [6.45, 7) is 6.71. The molecular formula is C12H19BrN4O. The lowest BCUT2D eigenvalue weighted by Gasteiger charge is -2.27. The van der Waals surface area contributed by atoms with Gasteiger partial charge in [-0.1, -0.05) is 6.92 Å². The maximum absolute atomic E-state index is 12.5. The molecule has 0 aliphatic carbocycles. The minimum atomic E-state index is -0.0615. The fraction of sp³-hybridized carbons (Fsp3) is 0.500. The second-order valence-electron chi connectivity index (χ2n) is 4.04. The topological polar surface area (TPSA) is 71.2 Å². The molecule has 18 heavy (non-hydrogen) atoms. The Morgan fingerprint density at radius 3 is 2.78 bits per heavy atom. The molecule has 6 heteroatoms. The van der Waals surface area contributed by atoms with Crippen molar-refractivity contribution >= 4 is 27.7 Å². The average molecular weight is 315 g/mol. The molecule has 1 unspecified atom stereocenters. The Balaban J connectivity index is 3.11. The van der Waals surface area contributed by atoms with Crippen LogP contribution in [0.1, 0.15) is 37.6 Å². The zero-order valence-electron chi connectivity index (χ0n) is 10.9. The predicted octanol–water partition coefficient (Wildman–Crippen LogP) is 2.39. The fourth-order valence-electron chi connectivity index (χ4n) is 1.75. The quantitative estimate of drug-likeness (QED) is 0.646. The van der Waals surface area contributed by atoms with E-state index in [0.717, 1.165) is 10.9 Å². The number of rotatable bonds is 5. The third kappa shape index (κ3) is 3.20. The zero-order chi connectivity index (χ0) is 13.7. The number of anilines is 1. The molecule has 1 aromatic heterocycles. The van der Waals surface area contributed by atoms with Crippen molar-refractivity contribution in [3.05, 3.63) is 22.3 Å². The van der Waals surface area contributed by atoms with Crippen LogP contribution in [-0.2, 0) is 0 Å². The standard InChI is InChI=1S/C12H19BrN4O/c1-4-8(3)17(5-2)12(18)10-6-9(13)7-15-11(10)16-14/h6-8H,4-5,14H2,1-3H3,(H,15,16). The molecular weight excluding hydrogens is 296 g/mol. The van der Waals surface area contributed by atoms with Crippen LogP contribution < -0.4 is 11.3 Å². The Morgan fingerprint density at radius 2 is 2.28 bits per heavy atom. The van der Waals surface area contributed by atoms with Crippen LogP contribution in [0.4, 0.5) is 5.82 Å². The minimum absolute atomic E-state index is 0.0615. The summed E-state index contributed by atoms with van der Waals surface area (Å²) in [7, 11) is 0. The number of carbonyl (C=O) groups excluding carboxylic acids is 1. The summed E-state index contributed by atoms with van der Waals surface area (Å²) in [4.78, 5) is 18.4. The summed E-state index contributed by atoms with van der Waals surface area (Å²) < 4.78 is 0.755. The number of hydrogen-bond acceptors (Lipinski definition) is 4. The van der Waals surface area contributed by atoms with Gasteiger partial charge >= 0.3 is 0 Å². The molecule has 3 N–H and O–H groups in total. The molecule has 1 atom stereocenters. The van der Waals surface area contributed by atoms with E-state index < -0.39 is 0 Å². The van der Waals surface area contributed by atoms with E-state index in [0.29, 0.717) is 17.9 Å². The molecule has 1 aromatic rings. The Bertz CT molecular complexity index is 425. The van der Waals surface area contributed by atoms with Gasteiger partial charge in [-0.15, -0.1) is 0 Å². The Kier molecular flexibility index (Phi) is 5.55. The molecule has 1 heterocycles. The van der Waals surface area contributed by atoms with Gasteiger partial charge in [-0.25, -0.2) is 10.8 Å². The van der Waals surface area contributed by atoms with Crippen molar-refractivity contribution in [1.82, 2.24) is 9.88 Å². The van der Waals surface area contributed by atoms with E-state index in [4.69, 9.17) is 5.84 Å². The van der Waals surface area contributed by atoms with Gasteiger partial charge in [0.2, 0.25) is 0 Å². The van der Waals surface area contributed by atoms with Gasteiger partial charge in [-0.2, -0.15) is 0 Å². The summed E-state index contributed by atoms with van der Waals surface area (Å²) in [5, 5.41) is 0. The maximum atomic E-state index is 12.5. The third-order valence-corrected chi connectivity index (χ3v) is 3.38. The molecule has 0 saturated heterocycles. The third-order valence-electron chi connectivity index (χ3n) is 2.95. The highest BCUT2D eigenvalue weighted by atomic mass is 79.9. The lowest BCUT2D eigenvalue weighted by atomic mass is 10.1. The lowest BCUT2D eigenvalue weighted by Crippen LogP contribution is -2.38. The van der Waals surface area contributed by atoms with Crippen LogP contribution in [0.2, 0.25) is 0 Å². The van der Waals surface area contributed by atoms with Crippen LogP contribution in [0.15, 0.2) is 16.7 Å². The number of nitrogens with two attached hydrogens (primary N) is 1. The van der Waals surface area contributed by atoms with Crippen LogP contribution in [0.5, 0.6) is 0 Å². The smallest absolute Gasteiger partial charge is 0.257 e. The van der Waals surface area contributed by atoms with E-state index in [-0.39, 0.29) is 11.9 Å². The molecule has 1 amide bonds. The Morgan fingerprint density at radius 1 is 1.61 bits per heavy atom. The Hall–Kier alpha value is -1.14. The van der Waals surface area contributed by atoms with Crippen molar-refractivity contribution in [1.29, 1.82) is 0 Å². The van der Waals surface area contributed by atoms with Gasteiger partial charge in [0.05, 0.1) is 5.56 Å². The zero-order valence-corrected chi connectivity index (χ0v) is 12.5. The van der Waals surface area contributed by atoms with Crippen LogP contribution in [0, 0.1) is 0 Å². The fourth-order valence-corrected chi connectivity index (χ4v) is 2.08. The summed E-state index contributed by atoms with van der Waals surface area (Å²) in [6, 6.07) is 1.92. The molecule has 1 rings (SSSR count). The molecule has 0 aliphatic heterocycles. The van der Waals surface area contributed by atoms with E-state index in [9.17, 15) is 4.79 Å². The number of nitrogens with zero attached hydrogens (tertiary/aromatic N) is 2. The number of aromatic nitrogens is 1. The monoisotopic (exact) mass is 314 g/mol. The van der Waals surface area contributed by atoms with E-state index >= 15 is 0 Å². The van der Waals surface area contributed by atoms with E-state index in [1.54, 1.807) is 12.3 Å². The first kappa shape index (κ1) is 14.9. The number of pyridine rings is 1. The highest BCUT2D eigenvalue weighted by Crippen LogP contribution is 2.20. The highest BCUT2D eigenvalue weighted by Gasteiger charge is 2.22. The van der Waals surface area contributed by atoms with Crippen molar-refractivity contribution in [2.75, 3.05) is 12.0 Å². The van der Waals surface area contributed by atoms with Gasteiger partial charge in [0.1, 0.15) is 0 Å². The number of nitrogens with one attached hydrogen (secondary N) is 1. The number of halogens is 1. The van der Waals surface area contributed by atoms with Crippen LogP contribution in [0.3, 0.4) is 0 Å². The van der Waals surface area contributed by atoms with Gasteiger partial charge in [-0.3, -0.25) is 4.79 Å². The van der Waals surface area contributed by atoms with E-state index in [2.05, 4.69) is 33.3 Å². The van der Waals surface area contributed by atoms with E-state index in [1.165, 1.54) is 0 Å². The largest absolute Gasteiger partial charge is 0.336 e. The van der Waals surface area contributed by atoms with Gasteiger partial charge in [-0.05, 0) is 42.3 Å². The second kappa shape index (κ2) is 6.70. The molecule has 0 aromatic carbocycles. The number of nitrogen functional groups attached to an aromatic ring is 1. The average Bonchev–Trinajstić information content (AvgIpc) is 2.39. The molecule has 0 saturated carbocycles. The van der Waals surface area contributed by atoms with Crippen molar-refractivity contribution in [3.63, 3.8) is 0 Å². The molecule has 0 fully saturated rings. The molecule has 0 radical (unpaired) electrons. The Labute approximate surface area is 116 Å². The van der Waals surface area contributed by atoms with Gasteiger partial charge in [0.25, 0.3) is 5.91 Å². The summed E-state index contributed by atoms with van der Waals surface area (Å²) in [5.74, 6) is 5.72. The number of hydrogen-bond donors (Lipinski definition) is 2. The van der Waals surface area contributed by atoms with Gasteiger partial charge in [0, 0.05) is 23.3 Å². The SMILES string of the molecule is CCC(C)N(CC)C(=O)c1cc(Br)cnc1NN. The molecule has 0 aliphatic rings. The van der Waals surface area contributed by atoms with Crippen molar-refractivity contribution < 1.29 is 4.79 Å². The first-order valence-corrected chi connectivity index (χ1v) is 6.77. The van der Waals surface area contributed by atoms with Gasteiger partial charge in [0.15, 0.2) is 5.82 Å². The van der Waals surface area contributed by atoms with Crippen LogP contribution in [-0.4, -0.2) is 28.4 Å². The normalized spacial score (nSPS) is 12.1. The van der Waals surface area contributed by atoms with Crippen LogP contribution in [0.25, 0.3) is 0 Å². The molecule has 0 spiro atoms. The number of hydrazine groups is 1. The van der Waals surface area contributed by atoms with Crippen LogP contribution >= 0.6 is 15.9 Å². The summed E-state index contributed by atoms with van der Waals surface area (Å²) >= 11 is 3.32.